The highest BCUT2D eigenvalue weighted by molar-refractivity contribution is 5.74. The molecule has 0 saturated carbocycles. The smallest absolute Gasteiger partial charge is 0.315 e. The summed E-state index contributed by atoms with van der Waals surface area (Å²) in [5, 5.41) is 6.16. The SMILES string of the molecule is CC(C)N1CCC(NC(=O)NC[C@H]2CCN(c3ccc(F)cc3)C2)CC1. The Hall–Kier alpha value is -1.82. The van der Waals surface area contributed by atoms with Crippen LogP contribution in [0.3, 0.4) is 0 Å². The van der Waals surface area contributed by atoms with Gasteiger partial charge in [-0.05, 0) is 63.3 Å². The summed E-state index contributed by atoms with van der Waals surface area (Å²) < 4.78 is 13.0. The molecule has 0 bridgehead atoms. The van der Waals surface area contributed by atoms with Crippen LogP contribution in [0.1, 0.15) is 33.1 Å². The summed E-state index contributed by atoms with van der Waals surface area (Å²) in [5.41, 5.74) is 1.05. The topological polar surface area (TPSA) is 47.6 Å². The molecule has 1 atom stereocenters. The number of hydrogen-bond donors (Lipinski definition) is 2. The van der Waals surface area contributed by atoms with E-state index in [1.54, 1.807) is 0 Å². The Balaban J connectivity index is 1.36. The van der Waals surface area contributed by atoms with Crippen molar-refractivity contribution in [2.75, 3.05) is 37.6 Å². The van der Waals surface area contributed by atoms with Crippen LogP contribution in [0.2, 0.25) is 0 Å². The van der Waals surface area contributed by atoms with Crippen LogP contribution in [0.4, 0.5) is 14.9 Å². The molecule has 2 aliphatic heterocycles. The molecule has 2 saturated heterocycles. The number of urea groups is 1. The number of hydrogen-bond acceptors (Lipinski definition) is 3. The van der Waals surface area contributed by atoms with Crippen LogP contribution in [0.25, 0.3) is 0 Å². The first-order valence-electron chi connectivity index (χ1n) is 9.80. The second-order valence-corrected chi connectivity index (χ2v) is 7.84. The molecular weight excluding hydrogens is 331 g/mol. The van der Waals surface area contributed by atoms with E-state index in [1.165, 1.54) is 12.1 Å². The van der Waals surface area contributed by atoms with Gasteiger partial charge in [-0.15, -0.1) is 0 Å². The third-order valence-corrected chi connectivity index (χ3v) is 5.62. The minimum absolute atomic E-state index is 0.0479. The number of nitrogens with zero attached hydrogens (tertiary/aromatic N) is 2. The number of carbonyl (C=O) groups excluding carboxylic acids is 1. The fraction of sp³-hybridized carbons (Fsp3) is 0.650. The van der Waals surface area contributed by atoms with E-state index in [2.05, 4.69) is 34.3 Å². The summed E-state index contributed by atoms with van der Waals surface area (Å²) in [6, 6.07) is 7.45. The third-order valence-electron chi connectivity index (χ3n) is 5.62. The largest absolute Gasteiger partial charge is 0.371 e. The number of halogens is 1. The minimum Gasteiger partial charge on any atom is -0.371 e. The van der Waals surface area contributed by atoms with Crippen LogP contribution < -0.4 is 15.5 Å². The van der Waals surface area contributed by atoms with E-state index < -0.39 is 0 Å². The van der Waals surface area contributed by atoms with Crippen molar-refractivity contribution in [3.63, 3.8) is 0 Å². The van der Waals surface area contributed by atoms with Crippen molar-refractivity contribution in [1.82, 2.24) is 15.5 Å². The minimum atomic E-state index is -0.206. The number of rotatable bonds is 5. The molecule has 144 valence electrons. The standard InChI is InChI=1S/C20H31FN4O/c1-15(2)24-11-8-18(9-12-24)23-20(26)22-13-16-7-10-25(14-16)19-5-3-17(21)4-6-19/h3-6,15-16,18H,7-14H2,1-2H3,(H2,22,23,26)/t16-/m1/s1. The van der Waals surface area contributed by atoms with Gasteiger partial charge in [-0.1, -0.05) is 0 Å². The van der Waals surface area contributed by atoms with E-state index in [0.29, 0.717) is 18.5 Å². The number of piperidine rings is 1. The molecule has 2 aliphatic rings. The van der Waals surface area contributed by atoms with E-state index in [4.69, 9.17) is 0 Å². The summed E-state index contributed by atoms with van der Waals surface area (Å²) in [5.74, 6) is 0.232. The molecule has 3 rings (SSSR count). The van der Waals surface area contributed by atoms with Gasteiger partial charge in [0, 0.05) is 50.5 Å². The fourth-order valence-electron chi connectivity index (χ4n) is 3.92. The Morgan fingerprint density at radius 1 is 1.15 bits per heavy atom. The highest BCUT2D eigenvalue weighted by Crippen LogP contribution is 2.23. The molecular formula is C20H31FN4O. The Labute approximate surface area is 155 Å². The number of benzene rings is 1. The molecule has 0 radical (unpaired) electrons. The van der Waals surface area contributed by atoms with E-state index in [-0.39, 0.29) is 17.9 Å². The summed E-state index contributed by atoms with van der Waals surface area (Å²) >= 11 is 0. The predicted molar refractivity (Wildman–Crippen MR) is 103 cm³/mol. The van der Waals surface area contributed by atoms with Crippen molar-refractivity contribution in [1.29, 1.82) is 0 Å². The van der Waals surface area contributed by atoms with Gasteiger partial charge in [0.15, 0.2) is 0 Å². The number of carbonyl (C=O) groups is 1. The van der Waals surface area contributed by atoms with E-state index >= 15 is 0 Å². The van der Waals surface area contributed by atoms with Crippen molar-refractivity contribution in [2.24, 2.45) is 5.92 Å². The Morgan fingerprint density at radius 2 is 1.85 bits per heavy atom. The zero-order valence-electron chi connectivity index (χ0n) is 15.9. The molecule has 2 heterocycles. The maximum Gasteiger partial charge on any atom is 0.315 e. The molecule has 5 nitrogen and oxygen atoms in total. The highest BCUT2D eigenvalue weighted by Gasteiger charge is 2.25. The molecule has 0 aliphatic carbocycles. The third kappa shape index (κ3) is 5.10. The molecule has 1 aromatic rings. The zero-order chi connectivity index (χ0) is 18.5. The van der Waals surface area contributed by atoms with Crippen LogP contribution in [0, 0.1) is 11.7 Å². The summed E-state index contributed by atoms with van der Waals surface area (Å²) in [7, 11) is 0. The number of likely N-dealkylation sites (tertiary alicyclic amines) is 1. The second-order valence-electron chi connectivity index (χ2n) is 7.84. The van der Waals surface area contributed by atoms with Crippen molar-refractivity contribution in [3.8, 4) is 0 Å². The maximum absolute atomic E-state index is 13.0. The van der Waals surface area contributed by atoms with Crippen LogP contribution >= 0.6 is 0 Å². The van der Waals surface area contributed by atoms with Gasteiger partial charge in [0.05, 0.1) is 0 Å². The van der Waals surface area contributed by atoms with Gasteiger partial charge in [0.2, 0.25) is 0 Å². The van der Waals surface area contributed by atoms with Crippen molar-refractivity contribution in [3.05, 3.63) is 30.1 Å². The Bertz CT molecular complexity index is 584. The summed E-state index contributed by atoms with van der Waals surface area (Å²) in [6.45, 7) is 9.09. The van der Waals surface area contributed by atoms with Crippen LogP contribution in [0.15, 0.2) is 24.3 Å². The molecule has 26 heavy (non-hydrogen) atoms. The second kappa shape index (κ2) is 8.71. The lowest BCUT2D eigenvalue weighted by molar-refractivity contribution is 0.161. The van der Waals surface area contributed by atoms with Crippen molar-refractivity contribution in [2.45, 2.75) is 45.2 Å². The van der Waals surface area contributed by atoms with Gasteiger partial charge in [-0.2, -0.15) is 0 Å². The summed E-state index contributed by atoms with van der Waals surface area (Å²) in [6.07, 6.45) is 3.09. The molecule has 1 aromatic carbocycles. The molecule has 0 aromatic heterocycles. The van der Waals surface area contributed by atoms with E-state index in [1.807, 2.05) is 12.1 Å². The molecule has 2 amide bonds. The average Bonchev–Trinajstić information content (AvgIpc) is 3.10. The van der Waals surface area contributed by atoms with Gasteiger partial charge in [0.1, 0.15) is 5.82 Å². The Kier molecular flexibility index (Phi) is 6.35. The van der Waals surface area contributed by atoms with Gasteiger partial charge >= 0.3 is 6.03 Å². The van der Waals surface area contributed by atoms with Crippen LogP contribution in [-0.2, 0) is 0 Å². The average molecular weight is 362 g/mol. The number of anilines is 1. The van der Waals surface area contributed by atoms with Crippen LogP contribution in [-0.4, -0.2) is 55.7 Å². The quantitative estimate of drug-likeness (QED) is 0.847. The van der Waals surface area contributed by atoms with Gasteiger partial charge in [0.25, 0.3) is 0 Å². The molecule has 0 spiro atoms. The fourth-order valence-corrected chi connectivity index (χ4v) is 3.92. The molecule has 6 heteroatoms. The lowest BCUT2D eigenvalue weighted by atomic mass is 10.0. The van der Waals surface area contributed by atoms with Gasteiger partial charge < -0.3 is 20.4 Å². The number of nitrogens with one attached hydrogen (secondary N) is 2. The summed E-state index contributed by atoms with van der Waals surface area (Å²) in [4.78, 5) is 16.9. The first-order valence-corrected chi connectivity index (χ1v) is 9.80. The maximum atomic E-state index is 13.0. The van der Waals surface area contributed by atoms with E-state index in [0.717, 1.165) is 51.1 Å². The Morgan fingerprint density at radius 3 is 2.50 bits per heavy atom. The van der Waals surface area contributed by atoms with Crippen LogP contribution in [0.5, 0.6) is 0 Å². The predicted octanol–water partition coefficient (Wildman–Crippen LogP) is 2.82. The first-order chi connectivity index (χ1) is 12.5. The van der Waals surface area contributed by atoms with Gasteiger partial charge in [-0.25, -0.2) is 9.18 Å². The molecule has 2 fully saturated rings. The number of amides is 2. The molecule has 2 N–H and O–H groups in total. The van der Waals surface area contributed by atoms with Crippen molar-refractivity contribution >= 4 is 11.7 Å². The monoisotopic (exact) mass is 362 g/mol. The lowest BCUT2D eigenvalue weighted by Gasteiger charge is -2.34. The van der Waals surface area contributed by atoms with Crippen molar-refractivity contribution < 1.29 is 9.18 Å². The highest BCUT2D eigenvalue weighted by atomic mass is 19.1. The van der Waals surface area contributed by atoms with E-state index in [9.17, 15) is 9.18 Å². The van der Waals surface area contributed by atoms with Gasteiger partial charge in [-0.3, -0.25) is 0 Å². The zero-order valence-corrected chi connectivity index (χ0v) is 15.9. The normalized spacial score (nSPS) is 22.0. The first kappa shape index (κ1) is 19.0. The molecule has 0 unspecified atom stereocenters. The lowest BCUT2D eigenvalue weighted by Crippen LogP contribution is -2.49.